The molecule has 2 aliphatic heterocycles. The molecule has 2 aliphatic rings. The molecule has 2 fully saturated rings. The summed E-state index contributed by atoms with van der Waals surface area (Å²) in [6.45, 7) is 15.5. The van der Waals surface area contributed by atoms with E-state index in [9.17, 15) is 0 Å². The van der Waals surface area contributed by atoms with Crippen LogP contribution in [0.5, 0.6) is 0 Å². The molecule has 0 aromatic heterocycles. The highest BCUT2D eigenvalue weighted by atomic mass is 16.5. The van der Waals surface area contributed by atoms with Gasteiger partial charge in [-0.3, -0.25) is 0 Å². The van der Waals surface area contributed by atoms with Gasteiger partial charge in [0.05, 0.1) is 25.9 Å². The van der Waals surface area contributed by atoms with E-state index >= 15 is 0 Å². The molecule has 4 nitrogen and oxygen atoms in total. The van der Waals surface area contributed by atoms with Crippen LogP contribution in [0.2, 0.25) is 0 Å². The monoisotopic (exact) mass is 422 g/mol. The Morgan fingerprint density at radius 3 is 2.32 bits per heavy atom. The lowest BCUT2D eigenvalue weighted by atomic mass is 9.87. The van der Waals surface area contributed by atoms with Crippen molar-refractivity contribution in [3.05, 3.63) is 59.7 Å². The van der Waals surface area contributed by atoms with E-state index in [0.717, 1.165) is 52.4 Å². The van der Waals surface area contributed by atoms with Crippen LogP contribution in [-0.4, -0.2) is 52.1 Å². The summed E-state index contributed by atoms with van der Waals surface area (Å²) in [6, 6.07) is 18.2. The van der Waals surface area contributed by atoms with E-state index in [1.54, 1.807) is 0 Å². The van der Waals surface area contributed by atoms with Gasteiger partial charge >= 0.3 is 0 Å². The van der Waals surface area contributed by atoms with E-state index in [-0.39, 0.29) is 11.5 Å². The molecule has 168 valence electrons. The first-order chi connectivity index (χ1) is 14.9. The number of morpholine rings is 2. The smallest absolute Gasteiger partial charge is 0.0756 e. The highest BCUT2D eigenvalue weighted by molar-refractivity contribution is 5.51. The number of rotatable bonds is 5. The molecule has 4 heteroatoms. The molecular formula is C27H38N2O2. The Labute approximate surface area is 188 Å². The van der Waals surface area contributed by atoms with E-state index in [2.05, 4.69) is 86.0 Å². The lowest BCUT2D eigenvalue weighted by Gasteiger charge is -2.36. The van der Waals surface area contributed by atoms with Crippen molar-refractivity contribution in [2.45, 2.75) is 51.6 Å². The second-order valence-corrected chi connectivity index (χ2v) is 10.1. The Morgan fingerprint density at radius 2 is 1.61 bits per heavy atom. The second kappa shape index (κ2) is 9.62. The molecule has 0 spiro atoms. The predicted molar refractivity (Wildman–Crippen MR) is 130 cm³/mol. The molecule has 0 N–H and O–H groups in total. The van der Waals surface area contributed by atoms with Crippen molar-refractivity contribution >= 4 is 11.4 Å². The van der Waals surface area contributed by atoms with Gasteiger partial charge in [0.25, 0.3) is 0 Å². The molecule has 2 heterocycles. The van der Waals surface area contributed by atoms with Gasteiger partial charge < -0.3 is 19.3 Å². The molecule has 2 saturated heterocycles. The van der Waals surface area contributed by atoms with Crippen LogP contribution in [0.25, 0.3) is 0 Å². The fourth-order valence-corrected chi connectivity index (χ4v) is 4.63. The standard InChI is InChI=1S/C27H38N2O2/c1-21(22-8-10-24(11-9-22)28-12-15-30-16-13-28)18-26-20-29(14-17-31-26)25-7-5-6-23(19-25)27(2,3)4/h5-11,19,21,26H,12-18,20H2,1-4H3. The molecule has 2 unspecified atom stereocenters. The molecule has 4 rings (SSSR count). The van der Waals surface area contributed by atoms with E-state index in [0.29, 0.717) is 5.92 Å². The highest BCUT2D eigenvalue weighted by Gasteiger charge is 2.24. The normalized spacial score (nSPS) is 21.2. The number of nitrogens with zero attached hydrogens (tertiary/aromatic N) is 2. The Hall–Kier alpha value is -2.04. The number of ether oxygens (including phenoxy) is 2. The van der Waals surface area contributed by atoms with Gasteiger partial charge in [0.15, 0.2) is 0 Å². The van der Waals surface area contributed by atoms with Crippen LogP contribution in [0.4, 0.5) is 11.4 Å². The lowest BCUT2D eigenvalue weighted by Crippen LogP contribution is -2.43. The van der Waals surface area contributed by atoms with Crippen LogP contribution in [0, 0.1) is 0 Å². The Kier molecular flexibility index (Phi) is 6.88. The van der Waals surface area contributed by atoms with Crippen molar-refractivity contribution in [1.82, 2.24) is 0 Å². The van der Waals surface area contributed by atoms with Crippen molar-refractivity contribution in [2.75, 3.05) is 55.8 Å². The minimum Gasteiger partial charge on any atom is -0.378 e. The van der Waals surface area contributed by atoms with E-state index < -0.39 is 0 Å². The van der Waals surface area contributed by atoms with Crippen LogP contribution < -0.4 is 9.80 Å². The molecule has 0 amide bonds. The van der Waals surface area contributed by atoms with Crippen molar-refractivity contribution in [3.8, 4) is 0 Å². The average Bonchev–Trinajstić information content (AvgIpc) is 2.79. The number of anilines is 2. The van der Waals surface area contributed by atoms with Crippen molar-refractivity contribution in [3.63, 3.8) is 0 Å². The van der Waals surface area contributed by atoms with Gasteiger partial charge in [0.2, 0.25) is 0 Å². The second-order valence-electron chi connectivity index (χ2n) is 10.1. The SMILES string of the molecule is CC(CC1CN(c2cccc(C(C)(C)C)c2)CCO1)c1ccc(N2CCOCC2)cc1. The zero-order valence-corrected chi connectivity index (χ0v) is 19.6. The van der Waals surface area contributed by atoms with Gasteiger partial charge in [0.1, 0.15) is 0 Å². The van der Waals surface area contributed by atoms with Gasteiger partial charge in [-0.15, -0.1) is 0 Å². The van der Waals surface area contributed by atoms with Crippen LogP contribution in [-0.2, 0) is 14.9 Å². The minimum atomic E-state index is 0.170. The summed E-state index contributed by atoms with van der Waals surface area (Å²) in [6.07, 6.45) is 1.31. The van der Waals surface area contributed by atoms with Gasteiger partial charge in [0, 0.05) is 37.6 Å². The van der Waals surface area contributed by atoms with Crippen LogP contribution in [0.1, 0.15) is 51.2 Å². The minimum absolute atomic E-state index is 0.170. The van der Waals surface area contributed by atoms with Crippen LogP contribution in [0.15, 0.2) is 48.5 Å². The average molecular weight is 423 g/mol. The molecule has 31 heavy (non-hydrogen) atoms. The number of hydrogen-bond acceptors (Lipinski definition) is 4. The summed E-state index contributed by atoms with van der Waals surface area (Å²) in [5.74, 6) is 0.476. The van der Waals surface area contributed by atoms with Crippen LogP contribution >= 0.6 is 0 Å². The summed E-state index contributed by atoms with van der Waals surface area (Å²) < 4.78 is 11.6. The maximum atomic E-state index is 6.17. The van der Waals surface area contributed by atoms with Crippen molar-refractivity contribution in [2.24, 2.45) is 0 Å². The summed E-state index contributed by atoms with van der Waals surface area (Å²) in [5.41, 5.74) is 5.58. The zero-order valence-electron chi connectivity index (χ0n) is 19.6. The maximum absolute atomic E-state index is 6.17. The fraction of sp³-hybridized carbons (Fsp3) is 0.556. The molecule has 0 radical (unpaired) electrons. The van der Waals surface area contributed by atoms with Crippen molar-refractivity contribution in [1.29, 1.82) is 0 Å². The number of benzene rings is 2. The summed E-state index contributed by atoms with van der Waals surface area (Å²) >= 11 is 0. The first kappa shape index (κ1) is 22.2. The predicted octanol–water partition coefficient (Wildman–Crippen LogP) is 5.22. The fourth-order valence-electron chi connectivity index (χ4n) is 4.63. The van der Waals surface area contributed by atoms with Crippen LogP contribution in [0.3, 0.4) is 0 Å². The third-order valence-electron chi connectivity index (χ3n) is 6.67. The number of hydrogen-bond donors (Lipinski definition) is 0. The molecular weight excluding hydrogens is 384 g/mol. The van der Waals surface area contributed by atoms with Gasteiger partial charge in [-0.1, -0.05) is 52.0 Å². The van der Waals surface area contributed by atoms with Crippen molar-refractivity contribution < 1.29 is 9.47 Å². The summed E-state index contributed by atoms with van der Waals surface area (Å²) in [5, 5.41) is 0. The molecule has 0 saturated carbocycles. The third-order valence-corrected chi connectivity index (χ3v) is 6.67. The Balaban J connectivity index is 1.37. The zero-order chi connectivity index (χ0) is 21.8. The molecule has 2 aromatic rings. The maximum Gasteiger partial charge on any atom is 0.0756 e. The van der Waals surface area contributed by atoms with Gasteiger partial charge in [-0.25, -0.2) is 0 Å². The molecule has 0 bridgehead atoms. The largest absolute Gasteiger partial charge is 0.378 e. The molecule has 2 atom stereocenters. The van der Waals surface area contributed by atoms with E-state index in [1.807, 2.05) is 0 Å². The first-order valence-corrected chi connectivity index (χ1v) is 11.8. The summed E-state index contributed by atoms with van der Waals surface area (Å²) in [7, 11) is 0. The lowest BCUT2D eigenvalue weighted by molar-refractivity contribution is 0.0316. The van der Waals surface area contributed by atoms with E-state index in [1.165, 1.54) is 22.5 Å². The molecule has 0 aliphatic carbocycles. The first-order valence-electron chi connectivity index (χ1n) is 11.8. The quantitative estimate of drug-likeness (QED) is 0.660. The topological polar surface area (TPSA) is 24.9 Å². The Morgan fingerprint density at radius 1 is 0.903 bits per heavy atom. The van der Waals surface area contributed by atoms with E-state index in [4.69, 9.17) is 9.47 Å². The van der Waals surface area contributed by atoms with Gasteiger partial charge in [-0.2, -0.15) is 0 Å². The Bertz CT molecular complexity index is 837. The molecule has 2 aromatic carbocycles. The van der Waals surface area contributed by atoms with Gasteiger partial charge in [-0.05, 0) is 53.1 Å². The third kappa shape index (κ3) is 5.61. The summed E-state index contributed by atoms with van der Waals surface area (Å²) in [4.78, 5) is 4.91. The highest BCUT2D eigenvalue weighted by Crippen LogP contribution is 2.30.